The number of aromatic nitrogens is 3. The first-order valence-corrected chi connectivity index (χ1v) is 9.25. The molecule has 4 rings (SSSR count). The fraction of sp³-hybridized carbons (Fsp3) is 0.0455. The van der Waals surface area contributed by atoms with Gasteiger partial charge in [0.15, 0.2) is 0 Å². The molecule has 0 N–H and O–H groups in total. The van der Waals surface area contributed by atoms with Crippen LogP contribution in [-0.2, 0) is 5.75 Å². The average Bonchev–Trinajstić information content (AvgIpc) is 3.22. The lowest BCUT2D eigenvalue weighted by molar-refractivity contribution is 0.963. The quantitative estimate of drug-likeness (QED) is 0.392. The summed E-state index contributed by atoms with van der Waals surface area (Å²) in [6.07, 6.45) is 9.20. The zero-order valence-corrected chi connectivity index (χ0v) is 15.5. The third kappa shape index (κ3) is 3.99. The minimum Gasteiger partial charge on any atom is -0.303 e. The van der Waals surface area contributed by atoms with Gasteiger partial charge in [-0.2, -0.15) is 12.6 Å². The van der Waals surface area contributed by atoms with Crippen molar-refractivity contribution in [2.75, 3.05) is 0 Å². The molecule has 2 heterocycles. The predicted octanol–water partition coefficient (Wildman–Crippen LogP) is 5.11. The third-order valence-corrected chi connectivity index (χ3v) is 4.56. The van der Waals surface area contributed by atoms with Crippen LogP contribution in [0.15, 0.2) is 90.4 Å². The highest BCUT2D eigenvalue weighted by atomic mass is 32.1. The van der Waals surface area contributed by atoms with Crippen molar-refractivity contribution in [3.63, 3.8) is 0 Å². The minimum atomic E-state index is 0.603. The standard InChI is InChI=1S/C22H18N4S/c27-16-22-24-13-14-26(22)21-7-1-17(2-8-21)15-25-20-5-3-18(4-6-20)19-9-11-23-12-10-19/h1-15,27H,16H2/b25-15+. The Morgan fingerprint density at radius 3 is 2.26 bits per heavy atom. The molecular formula is C22H18N4S. The van der Waals surface area contributed by atoms with Gasteiger partial charge in [0.2, 0.25) is 0 Å². The molecule has 0 fully saturated rings. The number of aliphatic imine (C=N–C) groups is 1. The van der Waals surface area contributed by atoms with Gasteiger partial charge in [-0.05, 0) is 53.1 Å². The van der Waals surface area contributed by atoms with Gasteiger partial charge in [0, 0.05) is 42.4 Å². The first-order valence-electron chi connectivity index (χ1n) is 8.61. The molecule has 0 amide bonds. The predicted molar refractivity (Wildman–Crippen MR) is 113 cm³/mol. The molecule has 0 aliphatic carbocycles. The zero-order valence-electron chi connectivity index (χ0n) is 14.6. The molecule has 4 aromatic rings. The summed E-state index contributed by atoms with van der Waals surface area (Å²) in [5.74, 6) is 1.53. The van der Waals surface area contributed by atoms with Gasteiger partial charge in [0.1, 0.15) is 5.82 Å². The van der Waals surface area contributed by atoms with Gasteiger partial charge < -0.3 is 4.57 Å². The number of pyridine rings is 1. The molecule has 5 heteroatoms. The molecule has 0 bridgehead atoms. The molecular weight excluding hydrogens is 352 g/mol. The summed E-state index contributed by atoms with van der Waals surface area (Å²) in [5, 5.41) is 0. The number of imidazole rings is 1. The maximum Gasteiger partial charge on any atom is 0.122 e. The second-order valence-electron chi connectivity index (χ2n) is 6.00. The van der Waals surface area contributed by atoms with E-state index in [-0.39, 0.29) is 0 Å². The van der Waals surface area contributed by atoms with Gasteiger partial charge in [-0.25, -0.2) is 4.98 Å². The maximum absolute atomic E-state index is 4.57. The van der Waals surface area contributed by atoms with Crippen LogP contribution >= 0.6 is 12.6 Å². The van der Waals surface area contributed by atoms with Gasteiger partial charge in [-0.1, -0.05) is 24.3 Å². The highest BCUT2D eigenvalue weighted by Gasteiger charge is 2.02. The first-order chi connectivity index (χ1) is 13.3. The van der Waals surface area contributed by atoms with Crippen LogP contribution in [-0.4, -0.2) is 20.7 Å². The normalized spacial score (nSPS) is 11.1. The smallest absolute Gasteiger partial charge is 0.122 e. The van der Waals surface area contributed by atoms with Crippen LogP contribution in [0.4, 0.5) is 5.69 Å². The number of hydrogen-bond donors (Lipinski definition) is 1. The molecule has 0 radical (unpaired) electrons. The SMILES string of the molecule is SCc1nccn1-c1ccc(/C=N/c2ccc(-c3ccncc3)cc2)cc1. The fourth-order valence-electron chi connectivity index (χ4n) is 2.84. The zero-order chi connectivity index (χ0) is 18.5. The fourth-order valence-corrected chi connectivity index (χ4v) is 3.07. The van der Waals surface area contributed by atoms with E-state index in [4.69, 9.17) is 0 Å². The summed E-state index contributed by atoms with van der Waals surface area (Å²) >= 11 is 4.31. The summed E-state index contributed by atoms with van der Waals surface area (Å²) in [4.78, 5) is 12.9. The van der Waals surface area contributed by atoms with Crippen LogP contribution in [0.25, 0.3) is 16.8 Å². The summed E-state index contributed by atoms with van der Waals surface area (Å²) in [7, 11) is 0. The maximum atomic E-state index is 4.57. The van der Waals surface area contributed by atoms with Crippen LogP contribution < -0.4 is 0 Å². The van der Waals surface area contributed by atoms with Crippen molar-refractivity contribution in [2.45, 2.75) is 5.75 Å². The van der Waals surface area contributed by atoms with Crippen molar-refractivity contribution in [3.8, 4) is 16.8 Å². The van der Waals surface area contributed by atoms with E-state index < -0.39 is 0 Å². The summed E-state index contributed by atoms with van der Waals surface area (Å²) in [6.45, 7) is 0. The molecule has 0 unspecified atom stereocenters. The minimum absolute atomic E-state index is 0.603. The van der Waals surface area contributed by atoms with Crippen LogP contribution in [0, 0.1) is 0 Å². The second-order valence-corrected chi connectivity index (χ2v) is 6.32. The van der Waals surface area contributed by atoms with Crippen LogP contribution in [0.3, 0.4) is 0 Å². The van der Waals surface area contributed by atoms with Gasteiger partial charge in [-0.15, -0.1) is 0 Å². The molecule has 132 valence electrons. The van der Waals surface area contributed by atoms with E-state index in [1.165, 1.54) is 0 Å². The van der Waals surface area contributed by atoms with E-state index in [9.17, 15) is 0 Å². The van der Waals surface area contributed by atoms with E-state index in [0.29, 0.717) is 5.75 Å². The second kappa shape index (κ2) is 8.01. The highest BCUT2D eigenvalue weighted by Crippen LogP contribution is 2.22. The summed E-state index contributed by atoms with van der Waals surface area (Å²) < 4.78 is 2.03. The largest absolute Gasteiger partial charge is 0.303 e. The number of hydrogen-bond acceptors (Lipinski definition) is 4. The van der Waals surface area contributed by atoms with Crippen molar-refractivity contribution < 1.29 is 0 Å². The highest BCUT2D eigenvalue weighted by molar-refractivity contribution is 7.79. The molecule has 2 aromatic carbocycles. The summed E-state index contributed by atoms with van der Waals surface area (Å²) in [6, 6.07) is 20.4. The Balaban J connectivity index is 1.48. The van der Waals surface area contributed by atoms with Gasteiger partial charge >= 0.3 is 0 Å². The first kappa shape index (κ1) is 17.2. The topological polar surface area (TPSA) is 43.1 Å². The molecule has 0 saturated carbocycles. The van der Waals surface area contributed by atoms with Crippen molar-refractivity contribution >= 4 is 24.5 Å². The Bertz CT molecular complexity index is 1040. The lowest BCUT2D eigenvalue weighted by Gasteiger charge is -2.06. The van der Waals surface area contributed by atoms with E-state index in [1.54, 1.807) is 18.6 Å². The lowest BCUT2D eigenvalue weighted by atomic mass is 10.1. The Morgan fingerprint density at radius 2 is 1.56 bits per heavy atom. The number of nitrogens with zero attached hydrogens (tertiary/aromatic N) is 4. The van der Waals surface area contributed by atoms with E-state index >= 15 is 0 Å². The Labute approximate surface area is 163 Å². The van der Waals surface area contributed by atoms with Crippen LogP contribution in [0.2, 0.25) is 0 Å². The van der Waals surface area contributed by atoms with Crippen molar-refractivity contribution in [1.82, 2.24) is 14.5 Å². The van der Waals surface area contributed by atoms with Crippen LogP contribution in [0.1, 0.15) is 11.4 Å². The Hall–Kier alpha value is -3.18. The average molecular weight is 370 g/mol. The molecule has 0 saturated heterocycles. The van der Waals surface area contributed by atoms with E-state index in [1.807, 2.05) is 53.4 Å². The van der Waals surface area contributed by atoms with E-state index in [0.717, 1.165) is 33.9 Å². The monoisotopic (exact) mass is 370 g/mol. The molecule has 27 heavy (non-hydrogen) atoms. The van der Waals surface area contributed by atoms with Gasteiger partial charge in [0.05, 0.1) is 5.69 Å². The molecule has 0 aliphatic heterocycles. The number of benzene rings is 2. The molecule has 0 atom stereocenters. The number of rotatable bonds is 5. The van der Waals surface area contributed by atoms with Gasteiger partial charge in [0.25, 0.3) is 0 Å². The number of thiol groups is 1. The van der Waals surface area contributed by atoms with Crippen LogP contribution in [0.5, 0.6) is 0 Å². The van der Waals surface area contributed by atoms with E-state index in [2.05, 4.69) is 51.9 Å². The third-order valence-electron chi connectivity index (χ3n) is 4.27. The molecule has 0 aliphatic rings. The van der Waals surface area contributed by atoms with Crippen molar-refractivity contribution in [2.24, 2.45) is 4.99 Å². The van der Waals surface area contributed by atoms with Crippen molar-refractivity contribution in [3.05, 3.63) is 96.8 Å². The summed E-state index contributed by atoms with van der Waals surface area (Å²) in [5.41, 5.74) is 5.33. The lowest BCUT2D eigenvalue weighted by Crippen LogP contribution is -1.98. The molecule has 2 aromatic heterocycles. The molecule has 0 spiro atoms. The molecule has 4 nitrogen and oxygen atoms in total. The Kier molecular flexibility index (Phi) is 5.12. The van der Waals surface area contributed by atoms with Gasteiger partial charge in [-0.3, -0.25) is 9.98 Å². The van der Waals surface area contributed by atoms with Crippen molar-refractivity contribution in [1.29, 1.82) is 0 Å². The Morgan fingerprint density at radius 1 is 0.852 bits per heavy atom.